The monoisotopic (exact) mass is 538 g/mol. The summed E-state index contributed by atoms with van der Waals surface area (Å²) in [6.07, 6.45) is 3.93. The van der Waals surface area contributed by atoms with Gasteiger partial charge in [0, 0.05) is 42.4 Å². The van der Waals surface area contributed by atoms with Crippen LogP contribution in [0.25, 0.3) is 5.82 Å². The Labute approximate surface area is 235 Å². The summed E-state index contributed by atoms with van der Waals surface area (Å²) in [5.41, 5.74) is 8.33. The van der Waals surface area contributed by atoms with Crippen molar-refractivity contribution in [1.82, 2.24) is 24.8 Å². The van der Waals surface area contributed by atoms with Crippen molar-refractivity contribution in [2.24, 2.45) is 0 Å². The molecule has 4 aromatic rings. The van der Waals surface area contributed by atoms with Crippen molar-refractivity contribution in [2.75, 3.05) is 11.9 Å². The lowest BCUT2D eigenvalue weighted by Crippen LogP contribution is -2.33. The lowest BCUT2D eigenvalue weighted by Gasteiger charge is -2.28. The predicted octanol–water partition coefficient (Wildman–Crippen LogP) is 5.81. The van der Waals surface area contributed by atoms with E-state index in [2.05, 4.69) is 63.0 Å². The zero-order valence-corrected chi connectivity index (χ0v) is 23.8. The highest BCUT2D eigenvalue weighted by Gasteiger charge is 2.41. The van der Waals surface area contributed by atoms with Gasteiger partial charge in [-0.15, -0.1) is 0 Å². The number of rotatable bonds is 7. The van der Waals surface area contributed by atoms with Gasteiger partial charge in [0.25, 0.3) is 0 Å². The summed E-state index contributed by atoms with van der Waals surface area (Å²) in [7, 11) is 0. The van der Waals surface area contributed by atoms with E-state index in [1.54, 1.807) is 6.20 Å². The number of pyridine rings is 2. The van der Waals surface area contributed by atoms with Gasteiger partial charge in [-0.2, -0.15) is 0 Å². The summed E-state index contributed by atoms with van der Waals surface area (Å²) in [6.45, 7) is 10.8. The lowest BCUT2D eigenvalue weighted by atomic mass is 9.96. The van der Waals surface area contributed by atoms with Crippen LogP contribution in [0.15, 0.2) is 67.0 Å². The number of nitrogens with zero attached hydrogens (tertiary/aromatic N) is 4. The maximum atomic E-state index is 13.1. The zero-order chi connectivity index (χ0) is 27.7. The molecule has 1 aliphatic rings. The maximum Gasteiger partial charge on any atom is 0.226 e. The van der Waals surface area contributed by atoms with Gasteiger partial charge in [-0.3, -0.25) is 9.78 Å². The molecule has 1 aromatic carbocycles. The first-order chi connectivity index (χ1) is 18.7. The van der Waals surface area contributed by atoms with Crippen molar-refractivity contribution in [2.45, 2.75) is 53.1 Å². The molecule has 0 unspecified atom stereocenters. The van der Waals surface area contributed by atoms with Crippen LogP contribution in [0.1, 0.15) is 57.8 Å². The molecular weight excluding hydrogens is 504 g/mol. The Morgan fingerprint density at radius 1 is 0.974 bits per heavy atom. The van der Waals surface area contributed by atoms with Crippen LogP contribution < -0.4 is 10.6 Å². The Hall–Kier alpha value is -4.04. The zero-order valence-electron chi connectivity index (χ0n) is 23.0. The first-order valence-corrected chi connectivity index (χ1v) is 13.6. The Balaban J connectivity index is 1.48. The van der Waals surface area contributed by atoms with Crippen LogP contribution in [0, 0.1) is 34.6 Å². The van der Waals surface area contributed by atoms with Crippen LogP contribution in [-0.2, 0) is 4.79 Å². The standard InChI is InChI=1S/C31H34N6OS/c1-19-11-12-20(2)26(17-19)34-27(38)13-16-36-29(28(35-31(36)39)25-10-6-7-14-32-25)24-18-22(4)37(23(24)5)30-21(3)9-8-15-33-30/h6-12,14-15,17-18,28-29H,13,16H2,1-5H3,(H,34,38)(H,35,39)/t28-,29+/m0/s1. The molecule has 7 nitrogen and oxygen atoms in total. The number of benzene rings is 1. The molecule has 1 saturated heterocycles. The van der Waals surface area contributed by atoms with Gasteiger partial charge in [-0.25, -0.2) is 4.98 Å². The molecule has 0 spiro atoms. The van der Waals surface area contributed by atoms with Gasteiger partial charge >= 0.3 is 0 Å². The molecule has 8 heteroatoms. The minimum atomic E-state index is -0.153. The van der Waals surface area contributed by atoms with E-state index in [9.17, 15) is 4.79 Å². The van der Waals surface area contributed by atoms with Crippen molar-refractivity contribution >= 4 is 28.9 Å². The van der Waals surface area contributed by atoms with Gasteiger partial charge in [0.05, 0.1) is 17.8 Å². The lowest BCUT2D eigenvalue weighted by molar-refractivity contribution is -0.116. The number of carbonyl (C=O) groups excluding carboxylic acids is 1. The highest BCUT2D eigenvalue weighted by atomic mass is 32.1. The van der Waals surface area contributed by atoms with Crippen LogP contribution >= 0.6 is 12.2 Å². The summed E-state index contributed by atoms with van der Waals surface area (Å²) >= 11 is 5.85. The highest BCUT2D eigenvalue weighted by molar-refractivity contribution is 7.80. The third-order valence-electron chi connectivity index (χ3n) is 7.43. The largest absolute Gasteiger partial charge is 0.352 e. The predicted molar refractivity (Wildman–Crippen MR) is 159 cm³/mol. The van der Waals surface area contributed by atoms with Crippen molar-refractivity contribution in [1.29, 1.82) is 0 Å². The van der Waals surface area contributed by atoms with Crippen LogP contribution in [0.2, 0.25) is 0 Å². The minimum Gasteiger partial charge on any atom is -0.352 e. The first-order valence-electron chi connectivity index (χ1n) is 13.2. The smallest absolute Gasteiger partial charge is 0.226 e. The number of carbonyl (C=O) groups is 1. The quantitative estimate of drug-likeness (QED) is 0.289. The highest BCUT2D eigenvalue weighted by Crippen LogP contribution is 2.41. The van der Waals surface area contributed by atoms with Gasteiger partial charge < -0.3 is 20.1 Å². The molecular formula is C31H34N6OS. The molecule has 0 bridgehead atoms. The third kappa shape index (κ3) is 5.29. The van der Waals surface area contributed by atoms with Crippen molar-refractivity contribution in [3.05, 3.63) is 106 Å². The first kappa shape index (κ1) is 26.6. The van der Waals surface area contributed by atoms with E-state index < -0.39 is 0 Å². The fourth-order valence-electron chi connectivity index (χ4n) is 5.41. The van der Waals surface area contributed by atoms with Crippen LogP contribution in [0.5, 0.6) is 0 Å². The van der Waals surface area contributed by atoms with Crippen molar-refractivity contribution < 1.29 is 4.79 Å². The van der Waals surface area contributed by atoms with E-state index in [-0.39, 0.29) is 18.0 Å². The Morgan fingerprint density at radius 3 is 2.51 bits per heavy atom. The molecule has 200 valence electrons. The number of amides is 1. The minimum absolute atomic E-state index is 0.0406. The molecule has 0 aliphatic carbocycles. The van der Waals surface area contributed by atoms with E-state index in [0.717, 1.165) is 50.8 Å². The van der Waals surface area contributed by atoms with Gasteiger partial charge in [-0.1, -0.05) is 24.3 Å². The van der Waals surface area contributed by atoms with E-state index in [1.807, 2.05) is 62.5 Å². The van der Waals surface area contributed by atoms with E-state index in [4.69, 9.17) is 12.2 Å². The van der Waals surface area contributed by atoms with E-state index in [1.165, 1.54) is 0 Å². The summed E-state index contributed by atoms with van der Waals surface area (Å²) in [6, 6.07) is 18.0. The molecule has 0 radical (unpaired) electrons. The second kappa shape index (κ2) is 11.0. The van der Waals surface area contributed by atoms with Crippen LogP contribution in [0.4, 0.5) is 5.69 Å². The number of nitrogens with one attached hydrogen (secondary N) is 2. The molecule has 5 rings (SSSR count). The van der Waals surface area contributed by atoms with E-state index in [0.29, 0.717) is 18.1 Å². The summed E-state index contributed by atoms with van der Waals surface area (Å²) in [5.74, 6) is 0.877. The molecule has 1 aliphatic heterocycles. The summed E-state index contributed by atoms with van der Waals surface area (Å²) in [5, 5.41) is 7.21. The molecule has 3 aromatic heterocycles. The Kier molecular flexibility index (Phi) is 7.48. The number of aromatic nitrogens is 3. The number of aryl methyl sites for hydroxylation is 4. The molecule has 4 heterocycles. The van der Waals surface area contributed by atoms with Crippen LogP contribution in [0.3, 0.4) is 0 Å². The summed E-state index contributed by atoms with van der Waals surface area (Å²) in [4.78, 5) is 24.5. The fourth-order valence-corrected chi connectivity index (χ4v) is 5.75. The topological polar surface area (TPSA) is 75.1 Å². The van der Waals surface area contributed by atoms with Gasteiger partial charge in [-0.05, 0) is 99.4 Å². The molecule has 39 heavy (non-hydrogen) atoms. The average Bonchev–Trinajstić information content (AvgIpc) is 3.40. The summed E-state index contributed by atoms with van der Waals surface area (Å²) < 4.78 is 2.20. The SMILES string of the molecule is Cc1ccc(C)c(NC(=O)CCN2C(=S)N[C@@H](c3ccccn3)[C@H]2c2cc(C)n(-c3ncccc3C)c2C)c1. The average molecular weight is 539 g/mol. The van der Waals surface area contributed by atoms with Crippen LogP contribution in [-0.4, -0.2) is 37.0 Å². The maximum absolute atomic E-state index is 13.1. The normalized spacial score (nSPS) is 16.8. The molecule has 2 atom stereocenters. The third-order valence-corrected chi connectivity index (χ3v) is 7.78. The van der Waals surface area contributed by atoms with Crippen molar-refractivity contribution in [3.63, 3.8) is 0 Å². The molecule has 1 fully saturated rings. The molecule has 1 amide bonds. The number of thiocarbonyl (C=S) groups is 1. The van der Waals surface area contributed by atoms with Crippen molar-refractivity contribution in [3.8, 4) is 5.82 Å². The number of hydrogen-bond donors (Lipinski definition) is 2. The second-order valence-electron chi connectivity index (χ2n) is 10.2. The number of anilines is 1. The molecule has 2 N–H and O–H groups in total. The number of hydrogen-bond acceptors (Lipinski definition) is 4. The molecule has 0 saturated carbocycles. The van der Waals surface area contributed by atoms with E-state index >= 15 is 0 Å². The van der Waals surface area contributed by atoms with Gasteiger partial charge in [0.15, 0.2) is 5.11 Å². The second-order valence-corrected chi connectivity index (χ2v) is 10.6. The Bertz CT molecular complexity index is 1530. The fraction of sp³-hybridized carbons (Fsp3) is 0.290. The van der Waals surface area contributed by atoms with Gasteiger partial charge in [0.1, 0.15) is 5.82 Å². The Morgan fingerprint density at radius 2 is 1.77 bits per heavy atom. The van der Waals surface area contributed by atoms with Gasteiger partial charge in [0.2, 0.25) is 5.91 Å².